The van der Waals surface area contributed by atoms with E-state index < -0.39 is 5.91 Å². The molecule has 1 aliphatic heterocycles. The van der Waals surface area contributed by atoms with Crippen LogP contribution in [0, 0.1) is 6.92 Å². The van der Waals surface area contributed by atoms with Crippen LogP contribution in [0.4, 0.5) is 33.6 Å². The number of primary amides is 1. The Morgan fingerprint density at radius 2 is 1.97 bits per heavy atom. The average molecular weight is 432 g/mol. The van der Waals surface area contributed by atoms with Crippen LogP contribution in [-0.2, 0) is 6.54 Å². The van der Waals surface area contributed by atoms with Gasteiger partial charge in [0.1, 0.15) is 5.82 Å². The summed E-state index contributed by atoms with van der Waals surface area (Å²) < 4.78 is 0. The molecule has 3 aromatic rings. The third-order valence-electron chi connectivity index (χ3n) is 5.41. The highest BCUT2D eigenvalue weighted by molar-refractivity contribution is 6.06. The molecule has 0 radical (unpaired) electrons. The van der Waals surface area contributed by atoms with Gasteiger partial charge in [-0.25, -0.2) is 9.78 Å². The Morgan fingerprint density at radius 1 is 1.19 bits per heavy atom. The Hall–Kier alpha value is -4.14. The number of aromatic nitrogens is 2. The number of rotatable bonds is 5. The van der Waals surface area contributed by atoms with Crippen molar-refractivity contribution >= 4 is 40.8 Å². The average Bonchev–Trinajstić information content (AvgIpc) is 2.77. The van der Waals surface area contributed by atoms with Gasteiger partial charge in [0, 0.05) is 55.5 Å². The van der Waals surface area contributed by atoms with Crippen LogP contribution < -0.4 is 25.8 Å². The SMILES string of the molecule is Cc1ccc(C(N)=O)cc1N1Cc2cnc(Nc3cccc(N(C)C)c3)nc2N(C)C1=O. The number of amides is 3. The van der Waals surface area contributed by atoms with E-state index in [4.69, 9.17) is 5.73 Å². The first-order chi connectivity index (χ1) is 15.2. The molecule has 0 saturated carbocycles. The van der Waals surface area contributed by atoms with Crippen molar-refractivity contribution < 1.29 is 9.59 Å². The summed E-state index contributed by atoms with van der Waals surface area (Å²) in [6.07, 6.45) is 1.71. The maximum Gasteiger partial charge on any atom is 0.330 e. The molecule has 1 aromatic heterocycles. The van der Waals surface area contributed by atoms with Gasteiger partial charge in [0.05, 0.1) is 6.54 Å². The summed E-state index contributed by atoms with van der Waals surface area (Å²) in [6.45, 7) is 2.17. The van der Waals surface area contributed by atoms with Crippen molar-refractivity contribution in [3.63, 3.8) is 0 Å². The van der Waals surface area contributed by atoms with Crippen molar-refractivity contribution in [2.45, 2.75) is 13.5 Å². The predicted octanol–water partition coefficient (Wildman–Crippen LogP) is 3.27. The van der Waals surface area contributed by atoms with E-state index in [-0.39, 0.29) is 12.6 Å². The smallest absolute Gasteiger partial charge is 0.330 e. The number of anilines is 5. The lowest BCUT2D eigenvalue weighted by atomic mass is 10.1. The Morgan fingerprint density at radius 3 is 2.69 bits per heavy atom. The summed E-state index contributed by atoms with van der Waals surface area (Å²) in [5.41, 5.74) is 9.96. The number of aryl methyl sites for hydroxylation is 1. The fourth-order valence-corrected chi connectivity index (χ4v) is 3.60. The van der Waals surface area contributed by atoms with Crippen LogP contribution in [0.5, 0.6) is 0 Å². The molecule has 2 aromatic carbocycles. The summed E-state index contributed by atoms with van der Waals surface area (Å²) in [5, 5.41) is 3.20. The van der Waals surface area contributed by atoms with Gasteiger partial charge in [-0.3, -0.25) is 14.6 Å². The summed E-state index contributed by atoms with van der Waals surface area (Å²) in [7, 11) is 5.62. The summed E-state index contributed by atoms with van der Waals surface area (Å²) in [6, 6.07) is 12.7. The van der Waals surface area contributed by atoms with Crippen LogP contribution in [0.25, 0.3) is 0 Å². The van der Waals surface area contributed by atoms with E-state index in [0.29, 0.717) is 23.0 Å². The van der Waals surface area contributed by atoms with Gasteiger partial charge in [-0.2, -0.15) is 4.98 Å². The first kappa shape index (κ1) is 21.1. The molecule has 0 saturated heterocycles. The van der Waals surface area contributed by atoms with Gasteiger partial charge < -0.3 is 16.0 Å². The number of carbonyl (C=O) groups is 2. The van der Waals surface area contributed by atoms with Crippen molar-refractivity contribution in [1.29, 1.82) is 0 Å². The van der Waals surface area contributed by atoms with E-state index in [2.05, 4.69) is 15.3 Å². The maximum atomic E-state index is 13.2. The molecule has 32 heavy (non-hydrogen) atoms. The normalized spacial score (nSPS) is 13.1. The number of fused-ring (bicyclic) bond motifs is 1. The van der Waals surface area contributed by atoms with E-state index in [0.717, 1.165) is 22.5 Å². The highest BCUT2D eigenvalue weighted by Gasteiger charge is 2.31. The highest BCUT2D eigenvalue weighted by Crippen LogP contribution is 2.32. The molecule has 0 aliphatic carbocycles. The van der Waals surface area contributed by atoms with Gasteiger partial charge in [0.15, 0.2) is 0 Å². The summed E-state index contributed by atoms with van der Waals surface area (Å²) >= 11 is 0. The minimum atomic E-state index is -0.540. The molecular weight excluding hydrogens is 406 g/mol. The second kappa shape index (κ2) is 8.18. The lowest BCUT2D eigenvalue weighted by molar-refractivity contribution is 0.1000. The van der Waals surface area contributed by atoms with Gasteiger partial charge in [0.2, 0.25) is 11.9 Å². The molecule has 164 valence electrons. The molecule has 2 heterocycles. The zero-order valence-corrected chi connectivity index (χ0v) is 18.5. The number of urea groups is 1. The number of hydrogen-bond donors (Lipinski definition) is 2. The standard InChI is InChI=1S/C23H25N7O2/c1-14-8-9-15(20(24)31)10-19(14)30-13-16-12-25-22(27-21(16)29(4)23(30)32)26-17-6-5-7-18(11-17)28(2)3/h5-12H,13H2,1-4H3,(H2,24,31)(H,25,26,27). The van der Waals surface area contributed by atoms with E-state index in [1.165, 1.54) is 4.90 Å². The molecule has 0 atom stereocenters. The first-order valence-corrected chi connectivity index (χ1v) is 10.1. The minimum Gasteiger partial charge on any atom is -0.378 e. The Labute approximate surface area is 186 Å². The largest absolute Gasteiger partial charge is 0.378 e. The lowest BCUT2D eigenvalue weighted by Gasteiger charge is -2.34. The maximum absolute atomic E-state index is 13.2. The summed E-state index contributed by atoms with van der Waals surface area (Å²) in [4.78, 5) is 38.9. The molecular formula is C23H25N7O2. The van der Waals surface area contributed by atoms with Crippen molar-refractivity contribution in [3.8, 4) is 0 Å². The number of benzene rings is 2. The van der Waals surface area contributed by atoms with Crippen molar-refractivity contribution in [2.75, 3.05) is 41.2 Å². The highest BCUT2D eigenvalue weighted by atomic mass is 16.2. The molecule has 3 amide bonds. The van der Waals surface area contributed by atoms with Gasteiger partial charge in [-0.1, -0.05) is 12.1 Å². The molecule has 0 bridgehead atoms. The molecule has 9 heteroatoms. The van der Waals surface area contributed by atoms with Crippen LogP contribution in [0.15, 0.2) is 48.7 Å². The van der Waals surface area contributed by atoms with Crippen LogP contribution in [0.1, 0.15) is 21.5 Å². The van der Waals surface area contributed by atoms with Gasteiger partial charge in [0.25, 0.3) is 0 Å². The van der Waals surface area contributed by atoms with E-state index in [1.807, 2.05) is 50.2 Å². The second-order valence-electron chi connectivity index (χ2n) is 7.91. The minimum absolute atomic E-state index is 0.249. The van der Waals surface area contributed by atoms with Crippen LogP contribution in [-0.4, -0.2) is 43.0 Å². The van der Waals surface area contributed by atoms with E-state index >= 15 is 0 Å². The fraction of sp³-hybridized carbons (Fsp3) is 0.217. The van der Waals surface area contributed by atoms with Gasteiger partial charge in [-0.15, -0.1) is 0 Å². The molecule has 9 nitrogen and oxygen atoms in total. The molecule has 0 spiro atoms. The lowest BCUT2D eigenvalue weighted by Crippen LogP contribution is -2.46. The van der Waals surface area contributed by atoms with Gasteiger partial charge in [-0.05, 0) is 42.8 Å². The zero-order chi connectivity index (χ0) is 23.0. The fourth-order valence-electron chi connectivity index (χ4n) is 3.60. The monoisotopic (exact) mass is 431 g/mol. The Balaban J connectivity index is 1.64. The summed E-state index contributed by atoms with van der Waals surface area (Å²) in [5.74, 6) is 0.401. The molecule has 1 aliphatic rings. The van der Waals surface area contributed by atoms with E-state index in [1.54, 1.807) is 36.3 Å². The third-order valence-corrected chi connectivity index (χ3v) is 5.41. The third kappa shape index (κ3) is 3.92. The quantitative estimate of drug-likeness (QED) is 0.642. The number of hydrogen-bond acceptors (Lipinski definition) is 6. The first-order valence-electron chi connectivity index (χ1n) is 10.1. The van der Waals surface area contributed by atoms with Gasteiger partial charge >= 0.3 is 6.03 Å². The predicted molar refractivity (Wildman–Crippen MR) is 126 cm³/mol. The van der Waals surface area contributed by atoms with E-state index in [9.17, 15) is 9.59 Å². The number of carbonyl (C=O) groups excluding carboxylic acids is 2. The van der Waals surface area contributed by atoms with Crippen LogP contribution >= 0.6 is 0 Å². The van der Waals surface area contributed by atoms with Crippen molar-refractivity contribution in [1.82, 2.24) is 9.97 Å². The zero-order valence-electron chi connectivity index (χ0n) is 18.5. The molecule has 0 unspecified atom stereocenters. The number of nitrogens with two attached hydrogens (primary N) is 1. The Bertz CT molecular complexity index is 1210. The molecule has 3 N–H and O–H groups in total. The molecule has 0 fully saturated rings. The van der Waals surface area contributed by atoms with Crippen LogP contribution in [0.2, 0.25) is 0 Å². The van der Waals surface area contributed by atoms with Crippen molar-refractivity contribution in [2.24, 2.45) is 5.73 Å². The Kier molecular flexibility index (Phi) is 5.40. The molecule has 4 rings (SSSR count). The topological polar surface area (TPSA) is 108 Å². The van der Waals surface area contributed by atoms with Crippen molar-refractivity contribution in [3.05, 3.63) is 65.4 Å². The number of nitrogens with one attached hydrogen (secondary N) is 1. The van der Waals surface area contributed by atoms with Crippen LogP contribution in [0.3, 0.4) is 0 Å². The second-order valence-corrected chi connectivity index (χ2v) is 7.91. The number of nitrogens with zero attached hydrogens (tertiary/aromatic N) is 5.